The van der Waals surface area contributed by atoms with Gasteiger partial charge in [-0.25, -0.2) is 0 Å². The van der Waals surface area contributed by atoms with Gasteiger partial charge in [0.25, 0.3) is 0 Å². The molecule has 0 aliphatic heterocycles. The standard InChI is InChI=1S/C26H31NO2/c1-5-11-21-12-8-9-15-24(21)29-18-22-17-27-23(16-25(22)28-4)26-19(6-2)13-10-14-20(26)7-3/h8-10,12-17H,5-7,11,18H2,1-4H3. The van der Waals surface area contributed by atoms with Crippen LogP contribution in [0.5, 0.6) is 11.5 Å². The zero-order valence-electron chi connectivity index (χ0n) is 18.0. The van der Waals surface area contributed by atoms with Crippen molar-refractivity contribution in [2.75, 3.05) is 7.11 Å². The Balaban J connectivity index is 1.89. The summed E-state index contributed by atoms with van der Waals surface area (Å²) >= 11 is 0. The number of aromatic nitrogens is 1. The first-order valence-electron chi connectivity index (χ1n) is 10.6. The van der Waals surface area contributed by atoms with Crippen LogP contribution in [0.4, 0.5) is 0 Å². The highest BCUT2D eigenvalue weighted by Gasteiger charge is 2.14. The third-order valence-electron chi connectivity index (χ3n) is 5.29. The van der Waals surface area contributed by atoms with Gasteiger partial charge in [-0.15, -0.1) is 0 Å². The van der Waals surface area contributed by atoms with Gasteiger partial charge in [0.15, 0.2) is 0 Å². The molecule has 0 aliphatic carbocycles. The van der Waals surface area contributed by atoms with Crippen LogP contribution >= 0.6 is 0 Å². The van der Waals surface area contributed by atoms with Gasteiger partial charge in [0, 0.05) is 23.4 Å². The highest BCUT2D eigenvalue weighted by Crippen LogP contribution is 2.32. The van der Waals surface area contributed by atoms with Crippen LogP contribution in [0.25, 0.3) is 11.3 Å². The molecule has 2 aromatic carbocycles. The van der Waals surface area contributed by atoms with E-state index in [9.17, 15) is 0 Å². The molecule has 3 heteroatoms. The van der Waals surface area contributed by atoms with Gasteiger partial charge >= 0.3 is 0 Å². The van der Waals surface area contributed by atoms with Crippen LogP contribution in [0.3, 0.4) is 0 Å². The second kappa shape index (κ2) is 10.1. The van der Waals surface area contributed by atoms with Gasteiger partial charge in [-0.3, -0.25) is 4.98 Å². The van der Waals surface area contributed by atoms with Gasteiger partial charge < -0.3 is 9.47 Å². The van der Waals surface area contributed by atoms with Crippen LogP contribution in [-0.4, -0.2) is 12.1 Å². The first-order chi connectivity index (χ1) is 14.2. The number of ether oxygens (including phenoxy) is 2. The third kappa shape index (κ3) is 4.79. The molecule has 0 saturated carbocycles. The van der Waals surface area contributed by atoms with E-state index in [1.165, 1.54) is 22.3 Å². The molecular formula is C26H31NO2. The van der Waals surface area contributed by atoms with E-state index in [0.29, 0.717) is 6.61 Å². The summed E-state index contributed by atoms with van der Waals surface area (Å²) in [5, 5.41) is 0. The van der Waals surface area contributed by atoms with E-state index in [0.717, 1.165) is 48.4 Å². The quantitative estimate of drug-likeness (QED) is 0.423. The van der Waals surface area contributed by atoms with Crippen LogP contribution in [-0.2, 0) is 25.9 Å². The molecule has 3 nitrogen and oxygen atoms in total. The van der Waals surface area contributed by atoms with Gasteiger partial charge in [-0.05, 0) is 42.0 Å². The van der Waals surface area contributed by atoms with E-state index in [1.807, 2.05) is 24.4 Å². The Morgan fingerprint density at radius 3 is 2.14 bits per heavy atom. The van der Waals surface area contributed by atoms with E-state index >= 15 is 0 Å². The molecule has 0 unspecified atom stereocenters. The minimum absolute atomic E-state index is 0.438. The van der Waals surface area contributed by atoms with Crippen molar-refractivity contribution in [1.82, 2.24) is 4.98 Å². The summed E-state index contributed by atoms with van der Waals surface area (Å²) in [6, 6.07) is 16.8. The molecule has 0 radical (unpaired) electrons. The monoisotopic (exact) mass is 389 g/mol. The van der Waals surface area contributed by atoms with Crippen LogP contribution in [0.2, 0.25) is 0 Å². The lowest BCUT2D eigenvalue weighted by Crippen LogP contribution is -2.03. The Labute approximate surface area is 174 Å². The van der Waals surface area contributed by atoms with E-state index in [2.05, 4.69) is 51.1 Å². The summed E-state index contributed by atoms with van der Waals surface area (Å²) in [5.74, 6) is 1.75. The average molecular weight is 390 g/mol. The number of rotatable bonds is 9. The molecule has 0 saturated heterocycles. The lowest BCUT2D eigenvalue weighted by molar-refractivity contribution is 0.293. The molecule has 1 heterocycles. The first-order valence-corrected chi connectivity index (χ1v) is 10.6. The average Bonchev–Trinajstić information content (AvgIpc) is 2.78. The molecule has 29 heavy (non-hydrogen) atoms. The number of methoxy groups -OCH3 is 1. The summed E-state index contributed by atoms with van der Waals surface area (Å²) in [4.78, 5) is 4.79. The molecule has 0 amide bonds. The van der Waals surface area contributed by atoms with Crippen molar-refractivity contribution in [3.8, 4) is 22.8 Å². The SMILES string of the molecule is CCCc1ccccc1OCc1cnc(-c2c(CC)cccc2CC)cc1OC. The second-order valence-electron chi connectivity index (χ2n) is 7.19. The van der Waals surface area contributed by atoms with Crippen LogP contribution < -0.4 is 9.47 Å². The number of benzene rings is 2. The molecule has 0 aliphatic rings. The van der Waals surface area contributed by atoms with E-state index < -0.39 is 0 Å². The molecule has 0 bridgehead atoms. The summed E-state index contributed by atoms with van der Waals surface area (Å²) in [5.41, 5.74) is 7.02. The fourth-order valence-corrected chi connectivity index (χ4v) is 3.75. The predicted molar refractivity (Wildman–Crippen MR) is 120 cm³/mol. The topological polar surface area (TPSA) is 31.4 Å². The maximum atomic E-state index is 6.13. The van der Waals surface area contributed by atoms with Crippen molar-refractivity contribution in [2.24, 2.45) is 0 Å². The molecule has 3 rings (SSSR count). The van der Waals surface area contributed by atoms with Gasteiger partial charge in [-0.2, -0.15) is 0 Å². The number of nitrogens with zero attached hydrogens (tertiary/aromatic N) is 1. The molecule has 0 atom stereocenters. The fraction of sp³-hybridized carbons (Fsp3) is 0.346. The summed E-state index contributed by atoms with van der Waals surface area (Å²) < 4.78 is 11.8. The minimum atomic E-state index is 0.438. The van der Waals surface area contributed by atoms with Crippen molar-refractivity contribution < 1.29 is 9.47 Å². The zero-order chi connectivity index (χ0) is 20.6. The molecule has 0 fully saturated rings. The second-order valence-corrected chi connectivity index (χ2v) is 7.19. The van der Waals surface area contributed by atoms with Crippen molar-refractivity contribution in [1.29, 1.82) is 0 Å². The van der Waals surface area contributed by atoms with Gasteiger partial charge in [-0.1, -0.05) is 63.6 Å². The Morgan fingerprint density at radius 1 is 0.793 bits per heavy atom. The fourth-order valence-electron chi connectivity index (χ4n) is 3.75. The Hall–Kier alpha value is -2.81. The zero-order valence-corrected chi connectivity index (χ0v) is 18.0. The van der Waals surface area contributed by atoms with E-state index in [4.69, 9.17) is 14.5 Å². The molecule has 152 valence electrons. The van der Waals surface area contributed by atoms with Crippen LogP contribution in [0, 0.1) is 0 Å². The molecule has 3 aromatic rings. The predicted octanol–water partition coefficient (Wildman–Crippen LogP) is 6.41. The maximum Gasteiger partial charge on any atom is 0.129 e. The molecule has 0 N–H and O–H groups in total. The Morgan fingerprint density at radius 2 is 1.48 bits per heavy atom. The molecule has 1 aromatic heterocycles. The minimum Gasteiger partial charge on any atom is -0.496 e. The summed E-state index contributed by atoms with van der Waals surface area (Å²) in [7, 11) is 1.71. The van der Waals surface area contributed by atoms with Gasteiger partial charge in [0.1, 0.15) is 18.1 Å². The number of aryl methyl sites for hydroxylation is 3. The highest BCUT2D eigenvalue weighted by atomic mass is 16.5. The summed E-state index contributed by atoms with van der Waals surface area (Å²) in [6.45, 7) is 6.99. The van der Waals surface area contributed by atoms with Crippen molar-refractivity contribution in [2.45, 2.75) is 53.1 Å². The smallest absolute Gasteiger partial charge is 0.129 e. The van der Waals surface area contributed by atoms with Crippen LogP contribution in [0.15, 0.2) is 54.7 Å². The number of hydrogen-bond acceptors (Lipinski definition) is 3. The van der Waals surface area contributed by atoms with Crippen molar-refractivity contribution in [3.05, 3.63) is 77.0 Å². The number of para-hydroxylation sites is 1. The number of hydrogen-bond donors (Lipinski definition) is 0. The van der Waals surface area contributed by atoms with Crippen LogP contribution in [0.1, 0.15) is 49.4 Å². The Bertz CT molecular complexity index is 927. The highest BCUT2D eigenvalue weighted by molar-refractivity contribution is 5.69. The largest absolute Gasteiger partial charge is 0.496 e. The van der Waals surface area contributed by atoms with Crippen molar-refractivity contribution >= 4 is 0 Å². The van der Waals surface area contributed by atoms with Crippen molar-refractivity contribution in [3.63, 3.8) is 0 Å². The van der Waals surface area contributed by atoms with Gasteiger partial charge in [0.2, 0.25) is 0 Å². The maximum absolute atomic E-state index is 6.13. The van der Waals surface area contributed by atoms with E-state index in [-0.39, 0.29) is 0 Å². The lowest BCUT2D eigenvalue weighted by atomic mass is 9.94. The normalized spacial score (nSPS) is 10.8. The first kappa shape index (κ1) is 20.9. The summed E-state index contributed by atoms with van der Waals surface area (Å²) in [6.07, 6.45) is 5.95. The van der Waals surface area contributed by atoms with Gasteiger partial charge in [0.05, 0.1) is 12.8 Å². The Kier molecular flexibility index (Phi) is 7.29. The third-order valence-corrected chi connectivity index (χ3v) is 5.29. The lowest BCUT2D eigenvalue weighted by Gasteiger charge is -2.16. The molecular weight excluding hydrogens is 358 g/mol. The number of pyridine rings is 1. The molecule has 0 spiro atoms. The van der Waals surface area contributed by atoms with E-state index in [1.54, 1.807) is 7.11 Å².